The Morgan fingerprint density at radius 3 is 2.04 bits per heavy atom. The van der Waals surface area contributed by atoms with Gasteiger partial charge in [-0.15, -0.1) is 0 Å². The zero-order valence-electron chi connectivity index (χ0n) is 14.3. The van der Waals surface area contributed by atoms with E-state index in [0.717, 1.165) is 6.07 Å². The summed E-state index contributed by atoms with van der Waals surface area (Å²) in [5.74, 6) is -0.936. The van der Waals surface area contributed by atoms with Crippen molar-refractivity contribution in [1.29, 1.82) is 0 Å². The van der Waals surface area contributed by atoms with Crippen LogP contribution in [0.15, 0.2) is 24.3 Å². The maximum Gasteiger partial charge on any atom is 0.418 e. The molecule has 0 bridgehead atoms. The van der Waals surface area contributed by atoms with Crippen molar-refractivity contribution in [3.8, 4) is 0 Å². The number of para-hydroxylation sites is 1. The van der Waals surface area contributed by atoms with Crippen LogP contribution in [0.3, 0.4) is 0 Å². The summed E-state index contributed by atoms with van der Waals surface area (Å²) >= 11 is 0. The van der Waals surface area contributed by atoms with Crippen molar-refractivity contribution in [1.82, 2.24) is 5.32 Å². The molecule has 0 aliphatic heterocycles. The topological polar surface area (TPSA) is 58.2 Å². The second-order valence-corrected chi connectivity index (χ2v) is 6.74. The fraction of sp³-hybridized carbons (Fsp3) is 0.556. The van der Waals surface area contributed by atoms with Gasteiger partial charge in [-0.2, -0.15) is 13.2 Å². The molecule has 2 amide bonds. The SMILES string of the molecule is CC(C)NC(=O)C1CCC(C(=O)Nc2ccccc2C(F)(F)F)CC1. The third kappa shape index (κ3) is 5.21. The maximum atomic E-state index is 13.0. The van der Waals surface area contributed by atoms with Gasteiger partial charge in [-0.05, 0) is 51.7 Å². The molecule has 0 unspecified atom stereocenters. The molecule has 2 N–H and O–H groups in total. The van der Waals surface area contributed by atoms with Crippen molar-refractivity contribution in [3.05, 3.63) is 29.8 Å². The molecule has 0 aromatic heterocycles. The largest absolute Gasteiger partial charge is 0.418 e. The molecule has 2 rings (SSSR count). The molecule has 7 heteroatoms. The van der Waals surface area contributed by atoms with Gasteiger partial charge >= 0.3 is 6.18 Å². The Morgan fingerprint density at radius 2 is 1.52 bits per heavy atom. The summed E-state index contributed by atoms with van der Waals surface area (Å²) in [6.07, 6.45) is -2.39. The first-order valence-corrected chi connectivity index (χ1v) is 8.46. The van der Waals surface area contributed by atoms with Gasteiger partial charge in [0.25, 0.3) is 0 Å². The molecule has 0 saturated heterocycles. The van der Waals surface area contributed by atoms with Gasteiger partial charge in [0.15, 0.2) is 0 Å². The van der Waals surface area contributed by atoms with E-state index in [9.17, 15) is 22.8 Å². The monoisotopic (exact) mass is 356 g/mol. The summed E-state index contributed by atoms with van der Waals surface area (Å²) in [4.78, 5) is 24.3. The van der Waals surface area contributed by atoms with E-state index in [1.165, 1.54) is 18.2 Å². The smallest absolute Gasteiger partial charge is 0.354 e. The van der Waals surface area contributed by atoms with Crippen molar-refractivity contribution in [2.75, 3.05) is 5.32 Å². The summed E-state index contributed by atoms with van der Waals surface area (Å²) in [6.45, 7) is 3.77. The highest BCUT2D eigenvalue weighted by atomic mass is 19.4. The van der Waals surface area contributed by atoms with Crippen LogP contribution in [0.5, 0.6) is 0 Å². The molecule has 138 valence electrons. The molecular weight excluding hydrogens is 333 g/mol. The first kappa shape index (κ1) is 19.3. The van der Waals surface area contributed by atoms with E-state index in [-0.39, 0.29) is 29.5 Å². The van der Waals surface area contributed by atoms with E-state index in [1.807, 2.05) is 13.8 Å². The van der Waals surface area contributed by atoms with Crippen LogP contribution >= 0.6 is 0 Å². The Bertz CT molecular complexity index is 621. The molecule has 1 fully saturated rings. The molecule has 0 spiro atoms. The summed E-state index contributed by atoms with van der Waals surface area (Å²) in [5.41, 5.74) is -1.08. The Kier molecular flexibility index (Phi) is 6.08. The number of halogens is 3. The molecule has 1 saturated carbocycles. The highest BCUT2D eigenvalue weighted by Crippen LogP contribution is 2.35. The van der Waals surface area contributed by atoms with Crippen LogP contribution in [0.4, 0.5) is 18.9 Å². The molecular formula is C18H23F3N2O2. The normalized spacial score (nSPS) is 21.0. The number of hydrogen-bond acceptors (Lipinski definition) is 2. The number of rotatable bonds is 4. The highest BCUT2D eigenvalue weighted by molar-refractivity contribution is 5.93. The number of anilines is 1. The summed E-state index contributed by atoms with van der Waals surface area (Å²) in [5, 5.41) is 5.26. The van der Waals surface area contributed by atoms with Crippen molar-refractivity contribution in [3.63, 3.8) is 0 Å². The minimum atomic E-state index is -4.52. The molecule has 0 atom stereocenters. The lowest BCUT2D eigenvalue weighted by Gasteiger charge is -2.28. The second kappa shape index (κ2) is 7.89. The predicted octanol–water partition coefficient (Wildman–Crippen LogP) is 3.97. The fourth-order valence-electron chi connectivity index (χ4n) is 3.09. The van der Waals surface area contributed by atoms with E-state index in [4.69, 9.17) is 0 Å². The Hall–Kier alpha value is -2.05. The van der Waals surface area contributed by atoms with Crippen LogP contribution < -0.4 is 10.6 Å². The van der Waals surface area contributed by atoms with Gasteiger partial charge in [0.2, 0.25) is 11.8 Å². The van der Waals surface area contributed by atoms with Crippen LogP contribution in [0.1, 0.15) is 45.1 Å². The van der Waals surface area contributed by atoms with Gasteiger partial charge in [0, 0.05) is 17.9 Å². The molecule has 1 aromatic rings. The third-order valence-corrected chi connectivity index (χ3v) is 4.39. The number of alkyl halides is 3. The highest BCUT2D eigenvalue weighted by Gasteiger charge is 2.35. The lowest BCUT2D eigenvalue weighted by atomic mass is 9.81. The number of carbonyl (C=O) groups is 2. The van der Waals surface area contributed by atoms with Gasteiger partial charge in [-0.3, -0.25) is 9.59 Å². The maximum absolute atomic E-state index is 13.0. The molecule has 0 radical (unpaired) electrons. The van der Waals surface area contributed by atoms with Crippen molar-refractivity contribution >= 4 is 17.5 Å². The van der Waals surface area contributed by atoms with Crippen LogP contribution in [0.2, 0.25) is 0 Å². The molecule has 25 heavy (non-hydrogen) atoms. The Balaban J connectivity index is 1.95. The number of nitrogens with one attached hydrogen (secondary N) is 2. The Labute approximate surface area is 145 Å². The zero-order chi connectivity index (χ0) is 18.6. The van der Waals surface area contributed by atoms with Crippen LogP contribution in [-0.2, 0) is 15.8 Å². The zero-order valence-corrected chi connectivity index (χ0v) is 14.3. The molecule has 1 aliphatic carbocycles. The standard InChI is InChI=1S/C18H23F3N2O2/c1-11(2)22-16(24)12-7-9-13(10-8-12)17(25)23-15-6-4-3-5-14(15)18(19,20)21/h3-6,11-13H,7-10H2,1-2H3,(H,22,24)(H,23,25). The van der Waals surface area contributed by atoms with Gasteiger partial charge in [0.05, 0.1) is 11.3 Å². The average Bonchev–Trinajstić information content (AvgIpc) is 2.54. The number of hydrogen-bond donors (Lipinski definition) is 2. The third-order valence-electron chi connectivity index (χ3n) is 4.39. The van der Waals surface area contributed by atoms with Crippen molar-refractivity contribution < 1.29 is 22.8 Å². The minimum absolute atomic E-state index is 0.0173. The van der Waals surface area contributed by atoms with Gasteiger partial charge in [-0.25, -0.2) is 0 Å². The molecule has 0 heterocycles. The van der Waals surface area contributed by atoms with Crippen molar-refractivity contribution in [2.24, 2.45) is 11.8 Å². The van der Waals surface area contributed by atoms with Gasteiger partial charge in [-0.1, -0.05) is 12.1 Å². The van der Waals surface area contributed by atoms with Crippen LogP contribution in [0, 0.1) is 11.8 Å². The quantitative estimate of drug-likeness (QED) is 0.857. The summed E-state index contributed by atoms with van der Waals surface area (Å²) in [6, 6.07) is 5.01. The lowest BCUT2D eigenvalue weighted by Crippen LogP contribution is -2.38. The van der Waals surface area contributed by atoms with Gasteiger partial charge in [0.1, 0.15) is 0 Å². The molecule has 1 aromatic carbocycles. The fourth-order valence-corrected chi connectivity index (χ4v) is 3.09. The average molecular weight is 356 g/mol. The first-order valence-electron chi connectivity index (χ1n) is 8.46. The van der Waals surface area contributed by atoms with Crippen LogP contribution in [0.25, 0.3) is 0 Å². The van der Waals surface area contributed by atoms with E-state index < -0.39 is 17.6 Å². The number of benzene rings is 1. The molecule has 4 nitrogen and oxygen atoms in total. The summed E-state index contributed by atoms with van der Waals surface area (Å²) < 4.78 is 39.0. The minimum Gasteiger partial charge on any atom is -0.354 e. The first-order chi connectivity index (χ1) is 11.7. The number of amides is 2. The summed E-state index contributed by atoms with van der Waals surface area (Å²) in [7, 11) is 0. The van der Waals surface area contributed by atoms with E-state index in [2.05, 4.69) is 10.6 Å². The van der Waals surface area contributed by atoms with Crippen molar-refractivity contribution in [2.45, 2.75) is 51.7 Å². The second-order valence-electron chi connectivity index (χ2n) is 6.74. The van der Waals surface area contributed by atoms with Gasteiger partial charge < -0.3 is 10.6 Å². The van der Waals surface area contributed by atoms with E-state index in [1.54, 1.807) is 0 Å². The molecule has 1 aliphatic rings. The van der Waals surface area contributed by atoms with Crippen LogP contribution in [-0.4, -0.2) is 17.9 Å². The van der Waals surface area contributed by atoms with E-state index in [0.29, 0.717) is 25.7 Å². The Morgan fingerprint density at radius 1 is 1.00 bits per heavy atom. The number of carbonyl (C=O) groups excluding carboxylic acids is 2. The lowest BCUT2D eigenvalue weighted by molar-refractivity contribution is -0.137. The predicted molar refractivity (Wildman–Crippen MR) is 88.8 cm³/mol. The van der Waals surface area contributed by atoms with E-state index >= 15 is 0 Å².